The normalized spacial score (nSPS) is 20.3. The van der Waals surface area contributed by atoms with Gasteiger partial charge in [0.25, 0.3) is 0 Å². The molecule has 1 saturated heterocycles. The van der Waals surface area contributed by atoms with Crippen molar-refractivity contribution in [3.63, 3.8) is 0 Å². The third kappa shape index (κ3) is 3.68. The summed E-state index contributed by atoms with van der Waals surface area (Å²) in [6.07, 6.45) is 2.34. The van der Waals surface area contributed by atoms with Crippen molar-refractivity contribution < 1.29 is 9.13 Å². The Morgan fingerprint density at radius 2 is 2.33 bits per heavy atom. The maximum Gasteiger partial charge on any atom is 0.129 e. The van der Waals surface area contributed by atoms with Crippen molar-refractivity contribution in [3.8, 4) is 0 Å². The van der Waals surface area contributed by atoms with Crippen LogP contribution in [0, 0.1) is 11.7 Å². The Balaban J connectivity index is 1.87. The van der Waals surface area contributed by atoms with E-state index in [9.17, 15) is 4.39 Å². The molecular formula is C14H21FN2O. The van der Waals surface area contributed by atoms with Gasteiger partial charge in [-0.15, -0.1) is 0 Å². The van der Waals surface area contributed by atoms with E-state index >= 15 is 0 Å². The summed E-state index contributed by atoms with van der Waals surface area (Å²) >= 11 is 0. The van der Waals surface area contributed by atoms with Gasteiger partial charge in [-0.2, -0.15) is 0 Å². The Bertz CT molecular complexity index is 391. The van der Waals surface area contributed by atoms with Gasteiger partial charge < -0.3 is 15.4 Å². The van der Waals surface area contributed by atoms with Crippen molar-refractivity contribution >= 4 is 5.69 Å². The van der Waals surface area contributed by atoms with Crippen molar-refractivity contribution in [3.05, 3.63) is 29.6 Å². The molecule has 1 aliphatic rings. The molecule has 0 aliphatic carbocycles. The largest absolute Gasteiger partial charge is 0.399 e. The zero-order chi connectivity index (χ0) is 13.0. The number of nitrogens with two attached hydrogens (primary N) is 1. The minimum absolute atomic E-state index is 0.221. The average Bonchev–Trinajstić information content (AvgIpc) is 2.34. The van der Waals surface area contributed by atoms with Crippen molar-refractivity contribution in [1.29, 1.82) is 0 Å². The number of rotatable bonds is 4. The second-order valence-corrected chi connectivity index (χ2v) is 5.13. The van der Waals surface area contributed by atoms with Crippen LogP contribution in [-0.2, 0) is 11.3 Å². The molecular weight excluding hydrogens is 231 g/mol. The molecule has 2 N–H and O–H groups in total. The summed E-state index contributed by atoms with van der Waals surface area (Å²) in [5.41, 5.74) is 6.71. The predicted octanol–water partition coefficient (Wildman–Crippen LogP) is 2.27. The molecule has 1 aromatic rings. The van der Waals surface area contributed by atoms with E-state index in [1.165, 1.54) is 12.5 Å². The van der Waals surface area contributed by atoms with Crippen LogP contribution in [0.3, 0.4) is 0 Å². The van der Waals surface area contributed by atoms with Crippen molar-refractivity contribution in [2.75, 3.05) is 32.5 Å². The molecule has 1 fully saturated rings. The van der Waals surface area contributed by atoms with Crippen LogP contribution in [-0.4, -0.2) is 31.7 Å². The van der Waals surface area contributed by atoms with E-state index in [1.807, 2.05) is 7.05 Å². The molecule has 1 unspecified atom stereocenters. The average molecular weight is 252 g/mol. The van der Waals surface area contributed by atoms with Crippen molar-refractivity contribution in [1.82, 2.24) is 4.90 Å². The first-order valence-corrected chi connectivity index (χ1v) is 6.45. The van der Waals surface area contributed by atoms with Gasteiger partial charge in [-0.05, 0) is 37.9 Å². The summed E-state index contributed by atoms with van der Waals surface area (Å²) in [5, 5.41) is 0. The number of ether oxygens (including phenoxy) is 1. The molecule has 1 heterocycles. The first kappa shape index (κ1) is 13.3. The van der Waals surface area contributed by atoms with Crippen LogP contribution in [0.2, 0.25) is 0 Å². The fourth-order valence-electron chi connectivity index (χ4n) is 2.44. The van der Waals surface area contributed by atoms with Crippen molar-refractivity contribution in [2.24, 2.45) is 5.92 Å². The summed E-state index contributed by atoms with van der Waals surface area (Å²) in [5.74, 6) is 0.349. The highest BCUT2D eigenvalue weighted by atomic mass is 19.1. The number of halogens is 1. The number of hydrogen-bond donors (Lipinski definition) is 1. The maximum atomic E-state index is 13.7. The Morgan fingerprint density at radius 3 is 3.00 bits per heavy atom. The van der Waals surface area contributed by atoms with Gasteiger partial charge in [-0.3, -0.25) is 0 Å². The fourth-order valence-corrected chi connectivity index (χ4v) is 2.44. The molecule has 100 valence electrons. The Morgan fingerprint density at radius 1 is 1.50 bits per heavy atom. The number of anilines is 1. The molecule has 3 nitrogen and oxygen atoms in total. The molecule has 0 amide bonds. The second kappa shape index (κ2) is 6.16. The summed E-state index contributed by atoms with van der Waals surface area (Å²) in [4.78, 5) is 2.15. The van der Waals surface area contributed by atoms with Crippen LogP contribution < -0.4 is 5.73 Å². The molecule has 1 aliphatic heterocycles. The quantitative estimate of drug-likeness (QED) is 0.835. The maximum absolute atomic E-state index is 13.7. The monoisotopic (exact) mass is 252 g/mol. The lowest BCUT2D eigenvalue weighted by Gasteiger charge is -2.27. The summed E-state index contributed by atoms with van der Waals surface area (Å²) < 4.78 is 19.1. The van der Waals surface area contributed by atoms with Crippen LogP contribution in [0.1, 0.15) is 18.4 Å². The van der Waals surface area contributed by atoms with Gasteiger partial charge in [0.15, 0.2) is 0 Å². The summed E-state index contributed by atoms with van der Waals surface area (Å²) in [6.45, 7) is 3.27. The lowest BCUT2D eigenvalue weighted by atomic mass is 10.0. The van der Waals surface area contributed by atoms with E-state index in [1.54, 1.807) is 12.1 Å². The number of benzene rings is 1. The van der Waals surface area contributed by atoms with E-state index in [2.05, 4.69) is 4.90 Å². The van der Waals surface area contributed by atoms with Gasteiger partial charge >= 0.3 is 0 Å². The van der Waals surface area contributed by atoms with E-state index < -0.39 is 0 Å². The number of nitrogen functional groups attached to an aromatic ring is 1. The molecule has 18 heavy (non-hydrogen) atoms. The minimum atomic E-state index is -0.221. The van der Waals surface area contributed by atoms with Crippen LogP contribution >= 0.6 is 0 Å². The van der Waals surface area contributed by atoms with Crippen LogP contribution in [0.25, 0.3) is 0 Å². The van der Waals surface area contributed by atoms with E-state index in [-0.39, 0.29) is 5.82 Å². The van der Waals surface area contributed by atoms with Crippen LogP contribution in [0.15, 0.2) is 18.2 Å². The lowest BCUT2D eigenvalue weighted by Crippen LogP contribution is -2.30. The van der Waals surface area contributed by atoms with Gasteiger partial charge in [-0.1, -0.05) is 6.07 Å². The molecule has 0 saturated carbocycles. The summed E-state index contributed by atoms with van der Waals surface area (Å²) in [6, 6.07) is 4.89. The SMILES string of the molecule is CN(Cc1ccc(N)cc1F)CC1CCCOC1. The van der Waals surface area contributed by atoms with Crippen LogP contribution in [0.5, 0.6) is 0 Å². The molecule has 1 atom stereocenters. The molecule has 2 rings (SSSR count). The van der Waals surface area contributed by atoms with E-state index in [0.717, 1.165) is 26.2 Å². The molecule has 0 bridgehead atoms. The minimum Gasteiger partial charge on any atom is -0.399 e. The van der Waals surface area contributed by atoms with Gasteiger partial charge in [-0.25, -0.2) is 4.39 Å². The predicted molar refractivity (Wildman–Crippen MR) is 70.7 cm³/mol. The fraction of sp³-hybridized carbons (Fsp3) is 0.571. The van der Waals surface area contributed by atoms with E-state index in [0.29, 0.717) is 23.7 Å². The van der Waals surface area contributed by atoms with Gasteiger partial charge in [0.1, 0.15) is 5.82 Å². The molecule has 0 spiro atoms. The highest BCUT2D eigenvalue weighted by Crippen LogP contribution is 2.17. The zero-order valence-corrected chi connectivity index (χ0v) is 10.9. The summed E-state index contributed by atoms with van der Waals surface area (Å²) in [7, 11) is 2.02. The van der Waals surface area contributed by atoms with Gasteiger partial charge in [0.05, 0.1) is 6.61 Å². The smallest absolute Gasteiger partial charge is 0.129 e. The highest BCUT2D eigenvalue weighted by molar-refractivity contribution is 5.40. The first-order valence-electron chi connectivity index (χ1n) is 6.45. The topological polar surface area (TPSA) is 38.5 Å². The zero-order valence-electron chi connectivity index (χ0n) is 10.9. The van der Waals surface area contributed by atoms with Gasteiger partial charge in [0, 0.05) is 30.9 Å². The third-order valence-corrected chi connectivity index (χ3v) is 3.34. The highest BCUT2D eigenvalue weighted by Gasteiger charge is 2.16. The molecule has 0 aromatic heterocycles. The van der Waals surface area contributed by atoms with E-state index in [4.69, 9.17) is 10.5 Å². The molecule has 1 aromatic carbocycles. The van der Waals surface area contributed by atoms with Crippen molar-refractivity contribution in [2.45, 2.75) is 19.4 Å². The second-order valence-electron chi connectivity index (χ2n) is 5.13. The molecule has 4 heteroatoms. The van der Waals surface area contributed by atoms with Gasteiger partial charge in [0.2, 0.25) is 0 Å². The Hall–Kier alpha value is -1.13. The number of nitrogens with zero attached hydrogens (tertiary/aromatic N) is 1. The van der Waals surface area contributed by atoms with Crippen LogP contribution in [0.4, 0.5) is 10.1 Å². The Labute approximate surface area is 108 Å². The first-order chi connectivity index (χ1) is 8.65. The number of hydrogen-bond acceptors (Lipinski definition) is 3. The third-order valence-electron chi connectivity index (χ3n) is 3.34. The molecule has 0 radical (unpaired) electrons. The standard InChI is InChI=1S/C14H21FN2O/c1-17(8-11-3-2-6-18-10-11)9-12-4-5-13(16)7-14(12)15/h4-5,7,11H,2-3,6,8-10,16H2,1H3. The lowest BCUT2D eigenvalue weighted by molar-refractivity contribution is 0.0410. The Kier molecular flexibility index (Phi) is 4.55.